The quantitative estimate of drug-likeness (QED) is 0.551. The topological polar surface area (TPSA) is 21.6 Å². The molecular weight excluding hydrogens is 150 g/mol. The normalized spacial score (nSPS) is 32.0. The van der Waals surface area contributed by atoms with Crippen molar-refractivity contribution in [1.82, 2.24) is 0 Å². The highest BCUT2D eigenvalue weighted by atomic mass is 16.6. The van der Waals surface area contributed by atoms with Crippen molar-refractivity contribution in [3.63, 3.8) is 0 Å². The molecule has 1 rings (SSSR count). The van der Waals surface area contributed by atoms with Gasteiger partial charge in [-0.2, -0.15) is 0 Å². The minimum atomic E-state index is 0.384. The molecular formula is C10H18NO. The van der Waals surface area contributed by atoms with Crippen LogP contribution in [0.1, 0.15) is 40.0 Å². The lowest BCUT2D eigenvalue weighted by atomic mass is 9.72. The van der Waals surface area contributed by atoms with Crippen LogP contribution in [0, 0.1) is 18.4 Å². The number of rotatable bonds is 1. The molecule has 0 spiro atoms. The molecule has 1 radical (unpaired) electrons. The summed E-state index contributed by atoms with van der Waals surface area (Å²) in [5, 5.41) is 3.94. The van der Waals surface area contributed by atoms with E-state index in [0.717, 1.165) is 24.5 Å². The number of oxime groups is 1. The van der Waals surface area contributed by atoms with Gasteiger partial charge in [-0.3, -0.25) is 0 Å². The van der Waals surface area contributed by atoms with Crippen LogP contribution >= 0.6 is 0 Å². The van der Waals surface area contributed by atoms with E-state index < -0.39 is 0 Å². The Hall–Kier alpha value is -0.530. The predicted molar refractivity (Wildman–Crippen MR) is 50.7 cm³/mol. The van der Waals surface area contributed by atoms with E-state index in [4.69, 9.17) is 0 Å². The van der Waals surface area contributed by atoms with E-state index in [1.54, 1.807) is 0 Å². The monoisotopic (exact) mass is 168 g/mol. The van der Waals surface area contributed by atoms with Gasteiger partial charge in [0.2, 0.25) is 0 Å². The Labute approximate surface area is 75.0 Å². The predicted octanol–water partition coefficient (Wildman–Crippen LogP) is 3.00. The van der Waals surface area contributed by atoms with Gasteiger partial charge in [0.05, 0.1) is 5.71 Å². The molecule has 1 saturated carbocycles. The average Bonchev–Trinajstić information content (AvgIpc) is 1.82. The van der Waals surface area contributed by atoms with Crippen LogP contribution in [0.4, 0.5) is 0 Å². The van der Waals surface area contributed by atoms with Gasteiger partial charge in [0.1, 0.15) is 0 Å². The zero-order chi connectivity index (χ0) is 9.19. The van der Waals surface area contributed by atoms with Crippen LogP contribution in [0.3, 0.4) is 0 Å². The fourth-order valence-corrected chi connectivity index (χ4v) is 2.28. The van der Waals surface area contributed by atoms with Gasteiger partial charge in [-0.1, -0.05) is 25.9 Å². The molecule has 0 aromatic heterocycles. The van der Waals surface area contributed by atoms with Crippen LogP contribution in [-0.4, -0.2) is 5.71 Å². The average molecular weight is 168 g/mol. The Morgan fingerprint density at radius 1 is 1.58 bits per heavy atom. The molecule has 0 N–H and O–H groups in total. The summed E-state index contributed by atoms with van der Waals surface area (Å²) >= 11 is 0. The first-order valence-electron chi connectivity index (χ1n) is 4.50. The smallest absolute Gasteiger partial charge is 0.153 e. The maximum Gasteiger partial charge on any atom is 0.153 e. The first kappa shape index (κ1) is 9.56. The van der Waals surface area contributed by atoms with E-state index in [1.807, 2.05) is 0 Å². The standard InChI is InChI=1S/C10H18NO/c1-8-5-9(11-12-4)7-10(2,3)6-8/h8H,4-7H2,1-3H3. The van der Waals surface area contributed by atoms with Crippen LogP contribution in [0.15, 0.2) is 5.16 Å². The van der Waals surface area contributed by atoms with Crippen molar-refractivity contribution in [2.75, 3.05) is 0 Å². The lowest BCUT2D eigenvalue weighted by Gasteiger charge is -2.33. The van der Waals surface area contributed by atoms with Crippen molar-refractivity contribution in [3.8, 4) is 0 Å². The van der Waals surface area contributed by atoms with Crippen molar-refractivity contribution in [2.24, 2.45) is 16.5 Å². The largest absolute Gasteiger partial charge is 0.392 e. The van der Waals surface area contributed by atoms with E-state index >= 15 is 0 Å². The van der Waals surface area contributed by atoms with E-state index in [1.165, 1.54) is 6.42 Å². The molecule has 1 unspecified atom stereocenters. The fourth-order valence-electron chi connectivity index (χ4n) is 2.28. The van der Waals surface area contributed by atoms with Gasteiger partial charge in [0.15, 0.2) is 7.11 Å². The Morgan fingerprint density at radius 2 is 2.25 bits per heavy atom. The van der Waals surface area contributed by atoms with Gasteiger partial charge < -0.3 is 4.84 Å². The minimum Gasteiger partial charge on any atom is -0.392 e. The fraction of sp³-hybridized carbons (Fsp3) is 0.800. The number of nitrogens with zero attached hydrogens (tertiary/aromatic N) is 1. The molecule has 0 heterocycles. The molecule has 2 heteroatoms. The first-order chi connectivity index (χ1) is 5.53. The summed E-state index contributed by atoms with van der Waals surface area (Å²) in [6.45, 7) is 6.82. The third kappa shape index (κ3) is 2.50. The second-order valence-electron chi connectivity index (χ2n) is 4.64. The molecule has 0 amide bonds. The number of hydrogen-bond donors (Lipinski definition) is 0. The van der Waals surface area contributed by atoms with Crippen LogP contribution in [-0.2, 0) is 4.84 Å². The lowest BCUT2D eigenvalue weighted by Crippen LogP contribution is -2.27. The van der Waals surface area contributed by atoms with Gasteiger partial charge in [-0.15, -0.1) is 0 Å². The summed E-state index contributed by atoms with van der Waals surface area (Å²) in [6.07, 6.45) is 3.40. The van der Waals surface area contributed by atoms with E-state index in [9.17, 15) is 0 Å². The summed E-state index contributed by atoms with van der Waals surface area (Å²) in [4.78, 5) is 4.56. The summed E-state index contributed by atoms with van der Waals surface area (Å²) < 4.78 is 0. The van der Waals surface area contributed by atoms with Gasteiger partial charge in [-0.05, 0) is 30.6 Å². The summed E-state index contributed by atoms with van der Waals surface area (Å²) in [7, 11) is 3.27. The molecule has 1 aliphatic rings. The van der Waals surface area contributed by atoms with Crippen LogP contribution in [0.5, 0.6) is 0 Å². The van der Waals surface area contributed by atoms with Crippen molar-refractivity contribution < 1.29 is 4.84 Å². The Morgan fingerprint density at radius 3 is 2.75 bits per heavy atom. The zero-order valence-electron chi connectivity index (χ0n) is 8.26. The molecule has 1 atom stereocenters. The Bertz CT molecular complexity index is 184. The highest BCUT2D eigenvalue weighted by Crippen LogP contribution is 2.36. The molecule has 0 aromatic rings. The van der Waals surface area contributed by atoms with E-state index in [2.05, 4.69) is 37.9 Å². The molecule has 1 fully saturated rings. The SMILES string of the molecule is [CH2]ON=C1CC(C)CC(C)(C)C1. The molecule has 12 heavy (non-hydrogen) atoms. The van der Waals surface area contributed by atoms with Crippen molar-refractivity contribution in [2.45, 2.75) is 40.0 Å². The second-order valence-corrected chi connectivity index (χ2v) is 4.64. The molecule has 0 saturated heterocycles. The van der Waals surface area contributed by atoms with E-state index in [0.29, 0.717) is 5.41 Å². The Balaban J connectivity index is 2.64. The van der Waals surface area contributed by atoms with Crippen molar-refractivity contribution in [1.29, 1.82) is 0 Å². The van der Waals surface area contributed by atoms with Gasteiger partial charge >= 0.3 is 0 Å². The van der Waals surface area contributed by atoms with Gasteiger partial charge in [0.25, 0.3) is 0 Å². The summed E-state index contributed by atoms with van der Waals surface area (Å²) in [5.74, 6) is 0.725. The maximum atomic E-state index is 4.56. The number of hydrogen-bond acceptors (Lipinski definition) is 2. The molecule has 0 bridgehead atoms. The highest BCUT2D eigenvalue weighted by Gasteiger charge is 2.29. The first-order valence-corrected chi connectivity index (χ1v) is 4.50. The molecule has 69 valence electrons. The zero-order valence-corrected chi connectivity index (χ0v) is 8.26. The molecule has 0 aliphatic heterocycles. The van der Waals surface area contributed by atoms with Crippen LogP contribution in [0.2, 0.25) is 0 Å². The minimum absolute atomic E-state index is 0.384. The molecule has 0 aromatic carbocycles. The second kappa shape index (κ2) is 3.46. The third-order valence-corrected chi connectivity index (χ3v) is 2.36. The maximum absolute atomic E-state index is 4.56. The van der Waals surface area contributed by atoms with Gasteiger partial charge in [0, 0.05) is 0 Å². The van der Waals surface area contributed by atoms with Crippen LogP contribution in [0.25, 0.3) is 0 Å². The van der Waals surface area contributed by atoms with Gasteiger partial charge in [-0.25, -0.2) is 0 Å². The summed E-state index contributed by atoms with van der Waals surface area (Å²) in [5.41, 5.74) is 1.54. The highest BCUT2D eigenvalue weighted by molar-refractivity contribution is 5.85. The van der Waals surface area contributed by atoms with Crippen molar-refractivity contribution >= 4 is 5.71 Å². The van der Waals surface area contributed by atoms with Crippen molar-refractivity contribution in [3.05, 3.63) is 7.11 Å². The molecule has 1 aliphatic carbocycles. The molecule has 2 nitrogen and oxygen atoms in total. The summed E-state index contributed by atoms with van der Waals surface area (Å²) in [6, 6.07) is 0. The van der Waals surface area contributed by atoms with Crippen LogP contribution < -0.4 is 0 Å². The third-order valence-electron chi connectivity index (χ3n) is 2.36. The Kier molecular flexibility index (Phi) is 2.76. The lowest BCUT2D eigenvalue weighted by molar-refractivity contribution is 0.231. The van der Waals surface area contributed by atoms with E-state index in [-0.39, 0.29) is 0 Å².